The van der Waals surface area contributed by atoms with E-state index in [4.69, 9.17) is 16.2 Å². The number of nitrogens with zero attached hydrogens (tertiary/aromatic N) is 2. The van der Waals surface area contributed by atoms with Gasteiger partial charge in [0.25, 0.3) is 0 Å². The molecule has 4 rings (SSSR count). The number of imide groups is 1. The maximum absolute atomic E-state index is 14.1. The van der Waals surface area contributed by atoms with Gasteiger partial charge in [-0.1, -0.05) is 70.3 Å². The third-order valence-corrected chi connectivity index (χ3v) is 9.10. The minimum atomic E-state index is -0.784. The van der Waals surface area contributed by atoms with Crippen LogP contribution in [0.3, 0.4) is 0 Å². The number of anilines is 1. The molecule has 2 amide bonds. The van der Waals surface area contributed by atoms with Gasteiger partial charge in [-0.25, -0.2) is 9.78 Å². The molecule has 222 valence electrons. The Morgan fingerprint density at radius 3 is 2.15 bits per heavy atom. The Bertz CT molecular complexity index is 994. The second-order valence-electron chi connectivity index (χ2n) is 13.3. The first-order valence-corrected chi connectivity index (χ1v) is 15.3. The van der Waals surface area contributed by atoms with Gasteiger partial charge in [0.2, 0.25) is 5.91 Å². The van der Waals surface area contributed by atoms with Crippen LogP contribution in [0, 0.1) is 23.7 Å². The van der Waals surface area contributed by atoms with Crippen LogP contribution in [0.25, 0.3) is 0 Å². The molecule has 2 aliphatic carbocycles. The number of pyridine rings is 1. The van der Waals surface area contributed by atoms with Gasteiger partial charge in [-0.3, -0.25) is 19.8 Å². The largest absolute Gasteiger partial charge is 0.444 e. The topological polar surface area (TPSA) is 141 Å². The lowest BCUT2D eigenvalue weighted by Gasteiger charge is -2.41. The third-order valence-electron chi connectivity index (χ3n) is 9.10. The van der Waals surface area contributed by atoms with Crippen molar-refractivity contribution in [3.63, 3.8) is 0 Å². The molecule has 40 heavy (non-hydrogen) atoms. The molecule has 0 radical (unpaired) electrons. The fourth-order valence-corrected chi connectivity index (χ4v) is 7.28. The summed E-state index contributed by atoms with van der Waals surface area (Å²) in [6.07, 6.45) is 13.3. The second kappa shape index (κ2) is 13.4. The summed E-state index contributed by atoms with van der Waals surface area (Å²) in [5.41, 5.74) is 12.8. The summed E-state index contributed by atoms with van der Waals surface area (Å²) < 4.78 is 5.31. The number of amides is 2. The summed E-state index contributed by atoms with van der Waals surface area (Å²) in [4.78, 5) is 46.0. The molecule has 0 bridgehead atoms. The van der Waals surface area contributed by atoms with E-state index in [2.05, 4.69) is 10.3 Å². The molecule has 1 unspecified atom stereocenters. The predicted molar refractivity (Wildman–Crippen MR) is 155 cm³/mol. The maximum atomic E-state index is 14.1. The Kier molecular flexibility index (Phi) is 10.2. The van der Waals surface area contributed by atoms with Crippen molar-refractivity contribution in [3.05, 3.63) is 23.9 Å². The fraction of sp³-hybridized carbons (Fsp3) is 0.742. The third kappa shape index (κ3) is 8.03. The number of alkyl carbamates (subject to hydrolysis) is 1. The van der Waals surface area contributed by atoms with Gasteiger partial charge in [0.05, 0.1) is 12.1 Å². The van der Waals surface area contributed by atoms with Gasteiger partial charge in [-0.05, 0) is 56.6 Å². The van der Waals surface area contributed by atoms with E-state index < -0.39 is 29.7 Å². The van der Waals surface area contributed by atoms with Gasteiger partial charge in [-0.2, -0.15) is 0 Å². The number of carbonyl (C=O) groups excluding carboxylic acids is 3. The average molecular weight is 556 g/mol. The van der Waals surface area contributed by atoms with Crippen LogP contribution in [-0.2, 0) is 20.9 Å². The number of nitrogens with one attached hydrogen (secondary N) is 1. The van der Waals surface area contributed by atoms with E-state index >= 15 is 0 Å². The normalized spacial score (nSPS) is 24.1. The number of aromatic nitrogens is 1. The zero-order valence-electron chi connectivity index (χ0n) is 24.6. The Balaban J connectivity index is 1.51. The number of hydrogen-bond acceptors (Lipinski definition) is 8. The SMILES string of the molecule is CC(C)(C)OC(=O)NC(=O)[C@@H]1CC(C(=O)[C@@H](N)C(C2CCCCC2)C2CCCCC2)CN1Cc1ccc(N)nc1. The lowest BCUT2D eigenvalue weighted by Crippen LogP contribution is -2.48. The Morgan fingerprint density at radius 1 is 1.02 bits per heavy atom. The fourth-order valence-electron chi connectivity index (χ4n) is 7.28. The minimum Gasteiger partial charge on any atom is -0.444 e. The van der Waals surface area contributed by atoms with Gasteiger partial charge in [0.15, 0.2) is 5.78 Å². The summed E-state index contributed by atoms with van der Waals surface area (Å²) in [7, 11) is 0. The molecule has 1 aromatic rings. The van der Waals surface area contributed by atoms with E-state index in [9.17, 15) is 14.4 Å². The summed E-state index contributed by atoms with van der Waals surface area (Å²) in [6.45, 7) is 6.06. The maximum Gasteiger partial charge on any atom is 0.414 e. The van der Waals surface area contributed by atoms with Gasteiger partial charge < -0.3 is 16.2 Å². The molecule has 0 spiro atoms. The van der Waals surface area contributed by atoms with E-state index in [0.717, 1.165) is 31.2 Å². The molecule has 3 atom stereocenters. The molecule has 1 aliphatic heterocycles. The number of nitrogen functional groups attached to an aromatic ring is 1. The molecular weight excluding hydrogens is 506 g/mol. The summed E-state index contributed by atoms with van der Waals surface area (Å²) in [6, 6.07) is 2.41. The van der Waals surface area contributed by atoms with Gasteiger partial charge in [0, 0.05) is 25.2 Å². The molecule has 0 aromatic carbocycles. The number of ether oxygens (including phenoxy) is 1. The predicted octanol–water partition coefficient (Wildman–Crippen LogP) is 4.58. The van der Waals surface area contributed by atoms with Crippen LogP contribution >= 0.6 is 0 Å². The number of rotatable bonds is 8. The number of ketones is 1. The van der Waals surface area contributed by atoms with E-state index in [1.165, 1.54) is 38.5 Å². The number of carbonyl (C=O) groups is 3. The summed E-state index contributed by atoms with van der Waals surface area (Å²) in [5, 5.41) is 2.40. The zero-order valence-corrected chi connectivity index (χ0v) is 24.6. The van der Waals surface area contributed by atoms with Gasteiger partial charge in [-0.15, -0.1) is 0 Å². The number of likely N-dealkylation sites (tertiary alicyclic amines) is 1. The Labute approximate surface area is 239 Å². The first kappa shape index (κ1) is 30.4. The van der Waals surface area contributed by atoms with E-state index in [1.54, 1.807) is 33.0 Å². The highest BCUT2D eigenvalue weighted by Crippen LogP contribution is 2.42. The molecule has 2 heterocycles. The number of nitrogens with two attached hydrogens (primary N) is 2. The van der Waals surface area contributed by atoms with Crippen LogP contribution in [0.4, 0.5) is 10.6 Å². The first-order valence-electron chi connectivity index (χ1n) is 15.3. The number of Topliss-reactive ketones (excluding diaryl/α,β-unsaturated/α-hetero) is 1. The Hall–Kier alpha value is -2.52. The second-order valence-corrected chi connectivity index (χ2v) is 13.3. The van der Waals surface area contributed by atoms with Crippen molar-refractivity contribution in [2.75, 3.05) is 12.3 Å². The van der Waals surface area contributed by atoms with Crippen molar-refractivity contribution in [1.29, 1.82) is 0 Å². The smallest absolute Gasteiger partial charge is 0.414 e. The average Bonchev–Trinajstić information content (AvgIpc) is 3.33. The van der Waals surface area contributed by atoms with Crippen molar-refractivity contribution in [2.24, 2.45) is 29.4 Å². The molecule has 3 fully saturated rings. The van der Waals surface area contributed by atoms with Crippen LogP contribution in [-0.4, -0.2) is 51.9 Å². The summed E-state index contributed by atoms with van der Waals surface area (Å²) in [5.74, 6) is 0.853. The van der Waals surface area contributed by atoms with E-state index in [1.807, 2.05) is 11.0 Å². The quantitative estimate of drug-likeness (QED) is 0.423. The Morgan fingerprint density at radius 2 is 1.62 bits per heavy atom. The van der Waals surface area contributed by atoms with Crippen molar-refractivity contribution in [3.8, 4) is 0 Å². The molecule has 9 heteroatoms. The van der Waals surface area contributed by atoms with E-state index in [-0.39, 0.29) is 17.6 Å². The lowest BCUT2D eigenvalue weighted by molar-refractivity contribution is -0.126. The molecule has 1 aromatic heterocycles. The first-order chi connectivity index (χ1) is 19.0. The molecule has 1 saturated heterocycles. The van der Waals surface area contributed by atoms with Gasteiger partial charge in [0.1, 0.15) is 11.4 Å². The molecule has 2 saturated carbocycles. The lowest BCUT2D eigenvalue weighted by atomic mass is 9.65. The zero-order chi connectivity index (χ0) is 28.9. The van der Waals surface area contributed by atoms with Crippen molar-refractivity contribution in [1.82, 2.24) is 15.2 Å². The van der Waals surface area contributed by atoms with Crippen LogP contribution in [0.5, 0.6) is 0 Å². The monoisotopic (exact) mass is 555 g/mol. The standard InChI is InChI=1S/C31H49N5O4/c1-31(2,3)40-30(39)35-29(38)24-16-23(19-36(24)18-20-14-15-25(32)34-17-20)28(37)27(33)26(21-10-6-4-7-11-21)22-12-8-5-9-13-22/h14-15,17,21-24,26-27H,4-13,16,18-19,33H2,1-3H3,(H2,32,34)(H,35,38,39)/t23?,24-,27-/m0/s1. The highest BCUT2D eigenvalue weighted by atomic mass is 16.6. The van der Waals surface area contributed by atoms with Gasteiger partial charge >= 0.3 is 6.09 Å². The minimum absolute atomic E-state index is 0.0640. The molecule has 3 aliphatic rings. The van der Waals surface area contributed by atoms with E-state index in [0.29, 0.717) is 37.2 Å². The summed E-state index contributed by atoms with van der Waals surface area (Å²) >= 11 is 0. The highest BCUT2D eigenvalue weighted by Gasteiger charge is 2.45. The van der Waals surface area contributed by atoms with Crippen molar-refractivity contribution >= 4 is 23.6 Å². The van der Waals surface area contributed by atoms with Crippen LogP contribution in [0.15, 0.2) is 18.3 Å². The number of hydrogen-bond donors (Lipinski definition) is 3. The molecular formula is C31H49N5O4. The van der Waals surface area contributed by atoms with Crippen molar-refractivity contribution in [2.45, 2.75) is 116 Å². The van der Waals surface area contributed by atoms with Crippen LogP contribution in [0.2, 0.25) is 0 Å². The van der Waals surface area contributed by atoms with Crippen LogP contribution in [0.1, 0.15) is 97.0 Å². The molecule has 9 nitrogen and oxygen atoms in total. The highest BCUT2D eigenvalue weighted by molar-refractivity contribution is 5.96. The van der Waals surface area contributed by atoms with Crippen molar-refractivity contribution < 1.29 is 19.1 Å². The van der Waals surface area contributed by atoms with Crippen LogP contribution < -0.4 is 16.8 Å². The molecule has 5 N–H and O–H groups in total.